The molecule has 0 saturated carbocycles. The highest BCUT2D eigenvalue weighted by molar-refractivity contribution is 4.85. The summed E-state index contributed by atoms with van der Waals surface area (Å²) in [6.45, 7) is 15.0. The fourth-order valence-electron chi connectivity index (χ4n) is 4.79. The van der Waals surface area contributed by atoms with E-state index in [9.17, 15) is 0 Å². The Bertz CT molecular complexity index is 329. The summed E-state index contributed by atoms with van der Waals surface area (Å²) in [5, 5.41) is 0. The van der Waals surface area contributed by atoms with Gasteiger partial charge in [0.2, 0.25) is 0 Å². The molecule has 0 aromatic heterocycles. The molecule has 0 aliphatic heterocycles. The zero-order chi connectivity index (χ0) is 20.2. The molecule has 160 valence electrons. The van der Waals surface area contributed by atoms with Gasteiger partial charge in [0.15, 0.2) is 0 Å². The van der Waals surface area contributed by atoms with E-state index in [2.05, 4.69) is 46.1 Å². The maximum atomic E-state index is 3.99. The molecule has 0 aliphatic carbocycles. The molecule has 0 rings (SSSR count). The fraction of sp³-hybridized carbons (Fsp3) is 0.852. The van der Waals surface area contributed by atoms with Gasteiger partial charge in [-0.05, 0) is 56.3 Å². The summed E-state index contributed by atoms with van der Waals surface area (Å²) in [5.74, 6) is 0.780. The van der Waals surface area contributed by atoms with Crippen LogP contribution >= 0.6 is 0 Å². The Morgan fingerprint density at radius 1 is 0.667 bits per heavy atom. The smallest absolute Gasteiger partial charge is 0.0295 e. The fourth-order valence-corrected chi connectivity index (χ4v) is 4.79. The molecule has 0 aliphatic rings. The lowest BCUT2D eigenvalue weighted by atomic mass is 9.68. The molecule has 2 unspecified atom stereocenters. The highest BCUT2D eigenvalue weighted by atomic mass is 14.3. The summed E-state index contributed by atoms with van der Waals surface area (Å²) in [5.41, 5.74) is 0.572. The molecule has 0 saturated heterocycles. The lowest BCUT2D eigenvalue weighted by Crippen LogP contribution is -2.24. The van der Waals surface area contributed by atoms with Gasteiger partial charge in [0, 0.05) is 0 Å². The minimum absolute atomic E-state index is 0.572. The second-order valence-electron chi connectivity index (χ2n) is 9.20. The first kappa shape index (κ1) is 26.5. The molecule has 0 nitrogen and oxygen atoms in total. The van der Waals surface area contributed by atoms with E-state index in [0.29, 0.717) is 5.41 Å². The standard InChI is InChI=1S/C27H52/c1-6-10-13-15-17-20-24-27(22-18-12-8-3,25-26(5)21-9-4)23-19-16-14-11-7-2/h8-9,26H,3-4,6-7,10-25H2,1-2,5H3. The first-order valence-electron chi connectivity index (χ1n) is 12.4. The second kappa shape index (κ2) is 18.8. The first-order valence-corrected chi connectivity index (χ1v) is 12.4. The van der Waals surface area contributed by atoms with Crippen molar-refractivity contribution in [2.45, 2.75) is 136 Å². The van der Waals surface area contributed by atoms with E-state index in [1.165, 1.54) is 116 Å². The van der Waals surface area contributed by atoms with Crippen LogP contribution in [-0.2, 0) is 0 Å². The van der Waals surface area contributed by atoms with Gasteiger partial charge in [0.05, 0.1) is 0 Å². The summed E-state index contributed by atoms with van der Waals surface area (Å²) in [6.07, 6.45) is 29.2. The summed E-state index contributed by atoms with van der Waals surface area (Å²) in [6, 6.07) is 0. The summed E-state index contributed by atoms with van der Waals surface area (Å²) in [7, 11) is 0. The molecular weight excluding hydrogens is 324 g/mol. The van der Waals surface area contributed by atoms with Gasteiger partial charge < -0.3 is 0 Å². The van der Waals surface area contributed by atoms with Crippen LogP contribution in [0.25, 0.3) is 0 Å². The molecule has 2 atom stereocenters. The van der Waals surface area contributed by atoms with E-state index in [-0.39, 0.29) is 0 Å². The lowest BCUT2D eigenvalue weighted by molar-refractivity contribution is 0.152. The van der Waals surface area contributed by atoms with Crippen molar-refractivity contribution in [2.24, 2.45) is 11.3 Å². The van der Waals surface area contributed by atoms with Crippen LogP contribution in [-0.4, -0.2) is 0 Å². The first-order chi connectivity index (χ1) is 13.1. The van der Waals surface area contributed by atoms with Crippen molar-refractivity contribution in [1.29, 1.82) is 0 Å². The Labute approximate surface area is 173 Å². The van der Waals surface area contributed by atoms with E-state index in [4.69, 9.17) is 0 Å². The van der Waals surface area contributed by atoms with Crippen molar-refractivity contribution in [2.75, 3.05) is 0 Å². The Balaban J connectivity index is 4.77. The van der Waals surface area contributed by atoms with Crippen LogP contribution in [0.5, 0.6) is 0 Å². The van der Waals surface area contributed by atoms with Crippen LogP contribution in [0.3, 0.4) is 0 Å². The van der Waals surface area contributed by atoms with Crippen molar-refractivity contribution in [3.05, 3.63) is 25.3 Å². The van der Waals surface area contributed by atoms with E-state index < -0.39 is 0 Å². The van der Waals surface area contributed by atoms with Crippen LogP contribution in [0.2, 0.25) is 0 Å². The number of hydrogen-bond acceptors (Lipinski definition) is 0. The van der Waals surface area contributed by atoms with Gasteiger partial charge in [-0.25, -0.2) is 0 Å². The van der Waals surface area contributed by atoms with E-state index in [0.717, 1.165) is 5.92 Å². The number of hydrogen-bond donors (Lipinski definition) is 0. The van der Waals surface area contributed by atoms with Crippen LogP contribution in [0.1, 0.15) is 136 Å². The molecule has 0 fully saturated rings. The third-order valence-corrected chi connectivity index (χ3v) is 6.34. The predicted molar refractivity (Wildman–Crippen MR) is 126 cm³/mol. The molecule has 0 bridgehead atoms. The predicted octanol–water partition coefficient (Wildman–Crippen LogP) is 10.0. The van der Waals surface area contributed by atoms with Crippen molar-refractivity contribution in [1.82, 2.24) is 0 Å². The molecule has 27 heavy (non-hydrogen) atoms. The van der Waals surface area contributed by atoms with Crippen LogP contribution in [0, 0.1) is 11.3 Å². The second-order valence-corrected chi connectivity index (χ2v) is 9.20. The van der Waals surface area contributed by atoms with E-state index in [1.54, 1.807) is 0 Å². The molecule has 0 aromatic carbocycles. The minimum atomic E-state index is 0.572. The third-order valence-electron chi connectivity index (χ3n) is 6.34. The maximum Gasteiger partial charge on any atom is -0.0295 e. The van der Waals surface area contributed by atoms with Gasteiger partial charge in [-0.3, -0.25) is 0 Å². The molecule has 0 aromatic rings. The molecule has 0 heterocycles. The maximum absolute atomic E-state index is 3.99. The zero-order valence-electron chi connectivity index (χ0n) is 19.4. The average Bonchev–Trinajstić information content (AvgIpc) is 2.65. The molecule has 0 spiro atoms. The Hall–Kier alpha value is -0.520. The van der Waals surface area contributed by atoms with Gasteiger partial charge in [-0.2, -0.15) is 0 Å². The summed E-state index contributed by atoms with van der Waals surface area (Å²) in [4.78, 5) is 0. The Morgan fingerprint density at radius 3 is 1.63 bits per heavy atom. The van der Waals surface area contributed by atoms with Crippen LogP contribution < -0.4 is 0 Å². The SMILES string of the molecule is C=CCCCC(CCCCCCC)(CCCCCCCC)CC(C)CC=C. The number of rotatable bonds is 21. The van der Waals surface area contributed by atoms with Gasteiger partial charge >= 0.3 is 0 Å². The average molecular weight is 377 g/mol. The quantitative estimate of drug-likeness (QED) is 0.138. The molecule has 0 amide bonds. The largest absolute Gasteiger partial charge is 0.103 e. The van der Waals surface area contributed by atoms with Crippen LogP contribution in [0.15, 0.2) is 25.3 Å². The van der Waals surface area contributed by atoms with Crippen molar-refractivity contribution in [3.8, 4) is 0 Å². The van der Waals surface area contributed by atoms with E-state index in [1.807, 2.05) is 0 Å². The van der Waals surface area contributed by atoms with Gasteiger partial charge in [-0.1, -0.05) is 104 Å². The minimum Gasteiger partial charge on any atom is -0.103 e. The normalized spacial score (nSPS) is 14.6. The van der Waals surface area contributed by atoms with Gasteiger partial charge in [-0.15, -0.1) is 13.2 Å². The monoisotopic (exact) mass is 376 g/mol. The molecule has 0 heteroatoms. The highest BCUT2D eigenvalue weighted by Gasteiger charge is 2.30. The van der Waals surface area contributed by atoms with Crippen molar-refractivity contribution < 1.29 is 0 Å². The highest BCUT2D eigenvalue weighted by Crippen LogP contribution is 2.43. The van der Waals surface area contributed by atoms with Crippen molar-refractivity contribution >= 4 is 0 Å². The van der Waals surface area contributed by atoms with Gasteiger partial charge in [0.1, 0.15) is 0 Å². The molecule has 0 radical (unpaired) electrons. The topological polar surface area (TPSA) is 0 Å². The van der Waals surface area contributed by atoms with Crippen molar-refractivity contribution in [3.63, 3.8) is 0 Å². The number of allylic oxidation sites excluding steroid dienone is 2. The van der Waals surface area contributed by atoms with Gasteiger partial charge in [0.25, 0.3) is 0 Å². The van der Waals surface area contributed by atoms with E-state index >= 15 is 0 Å². The molecule has 0 N–H and O–H groups in total. The number of unbranched alkanes of at least 4 members (excludes halogenated alkanes) is 10. The Kier molecular flexibility index (Phi) is 18.5. The third kappa shape index (κ3) is 15.1. The Morgan fingerprint density at radius 2 is 1.15 bits per heavy atom. The summed E-state index contributed by atoms with van der Waals surface area (Å²) >= 11 is 0. The molecular formula is C27H52. The summed E-state index contributed by atoms with van der Waals surface area (Å²) < 4.78 is 0. The van der Waals surface area contributed by atoms with Crippen LogP contribution in [0.4, 0.5) is 0 Å². The zero-order valence-corrected chi connectivity index (χ0v) is 19.4. The lowest BCUT2D eigenvalue weighted by Gasteiger charge is -2.37.